The predicted octanol–water partition coefficient (Wildman–Crippen LogP) is 2.20. The maximum absolute atomic E-state index is 12.0. The van der Waals surface area contributed by atoms with Gasteiger partial charge in [-0.2, -0.15) is 0 Å². The summed E-state index contributed by atoms with van der Waals surface area (Å²) in [5.41, 5.74) is 9.16. The highest BCUT2D eigenvalue weighted by atomic mass is 16.3. The Bertz CT molecular complexity index is 591. The van der Waals surface area contributed by atoms with Crippen LogP contribution in [0.15, 0.2) is 41.2 Å². The third kappa shape index (κ3) is 2.93. The molecule has 20 heavy (non-hydrogen) atoms. The van der Waals surface area contributed by atoms with Gasteiger partial charge in [-0.1, -0.05) is 0 Å². The van der Waals surface area contributed by atoms with Crippen molar-refractivity contribution in [1.82, 2.24) is 4.90 Å². The van der Waals surface area contributed by atoms with Crippen molar-refractivity contribution in [1.29, 1.82) is 0 Å². The molecule has 0 aliphatic heterocycles. The van der Waals surface area contributed by atoms with Gasteiger partial charge in [-0.25, -0.2) is 0 Å². The first kappa shape index (κ1) is 14.0. The number of benzene rings is 1. The first-order valence-electron chi connectivity index (χ1n) is 6.32. The van der Waals surface area contributed by atoms with Crippen LogP contribution in [0.25, 0.3) is 0 Å². The molecule has 1 aromatic heterocycles. The molecule has 0 saturated carbocycles. The van der Waals surface area contributed by atoms with Gasteiger partial charge in [-0.3, -0.25) is 4.79 Å². The number of rotatable bonds is 4. The lowest BCUT2D eigenvalue weighted by molar-refractivity contribution is 0.0827. The molecule has 0 aliphatic carbocycles. The molecule has 2 rings (SSSR count). The van der Waals surface area contributed by atoms with E-state index in [0.29, 0.717) is 17.8 Å². The zero-order valence-electron chi connectivity index (χ0n) is 12.0. The average Bonchev–Trinajstić information content (AvgIpc) is 2.91. The van der Waals surface area contributed by atoms with Crippen molar-refractivity contribution >= 4 is 17.3 Å². The normalized spacial score (nSPS) is 10.3. The van der Waals surface area contributed by atoms with Crippen LogP contribution in [0.1, 0.15) is 15.9 Å². The lowest BCUT2D eigenvalue weighted by Crippen LogP contribution is -2.23. The Kier molecular flexibility index (Phi) is 3.98. The van der Waals surface area contributed by atoms with Crippen LogP contribution in [0.4, 0.5) is 11.4 Å². The number of nitrogen functional groups attached to an aromatic ring is 1. The van der Waals surface area contributed by atoms with E-state index >= 15 is 0 Å². The minimum Gasteiger partial charge on any atom is -0.472 e. The summed E-state index contributed by atoms with van der Waals surface area (Å²) in [6.45, 7) is 0.667. The number of nitrogens with zero attached hydrogens (tertiary/aromatic N) is 2. The molecule has 0 saturated heterocycles. The summed E-state index contributed by atoms with van der Waals surface area (Å²) in [6.07, 6.45) is 3.33. The Morgan fingerprint density at radius 2 is 2.00 bits per heavy atom. The van der Waals surface area contributed by atoms with E-state index < -0.39 is 0 Å². The second-order valence-corrected chi connectivity index (χ2v) is 4.96. The summed E-state index contributed by atoms with van der Waals surface area (Å²) in [5, 5.41) is 0. The van der Waals surface area contributed by atoms with Crippen LogP contribution in [0.3, 0.4) is 0 Å². The molecule has 0 aliphatic rings. The van der Waals surface area contributed by atoms with Gasteiger partial charge in [0.15, 0.2) is 0 Å². The summed E-state index contributed by atoms with van der Waals surface area (Å²) >= 11 is 0. The van der Waals surface area contributed by atoms with E-state index in [9.17, 15) is 4.79 Å². The SMILES string of the molecule is CN(C)C(=O)c1ccc(N)c(N(C)Cc2ccoc2)c1. The third-order valence-electron chi connectivity index (χ3n) is 3.09. The van der Waals surface area contributed by atoms with Crippen LogP contribution in [-0.2, 0) is 6.54 Å². The minimum absolute atomic E-state index is 0.0389. The number of hydrogen-bond donors (Lipinski definition) is 1. The molecular formula is C15H19N3O2. The molecule has 1 aromatic carbocycles. The molecule has 0 spiro atoms. The van der Waals surface area contributed by atoms with Gasteiger partial charge in [0.05, 0.1) is 23.9 Å². The van der Waals surface area contributed by atoms with E-state index in [1.54, 1.807) is 43.7 Å². The number of carbonyl (C=O) groups excluding carboxylic acids is 1. The fraction of sp³-hybridized carbons (Fsp3) is 0.267. The molecule has 0 atom stereocenters. The van der Waals surface area contributed by atoms with Gasteiger partial charge in [-0.05, 0) is 24.3 Å². The van der Waals surface area contributed by atoms with Crippen LogP contribution in [-0.4, -0.2) is 32.0 Å². The molecular weight excluding hydrogens is 254 g/mol. The third-order valence-corrected chi connectivity index (χ3v) is 3.09. The summed E-state index contributed by atoms with van der Waals surface area (Å²) in [6, 6.07) is 7.23. The molecule has 2 N–H and O–H groups in total. The zero-order chi connectivity index (χ0) is 14.7. The van der Waals surface area contributed by atoms with E-state index in [0.717, 1.165) is 11.3 Å². The van der Waals surface area contributed by atoms with Crippen LogP contribution >= 0.6 is 0 Å². The molecule has 0 fully saturated rings. The smallest absolute Gasteiger partial charge is 0.253 e. The Morgan fingerprint density at radius 1 is 1.25 bits per heavy atom. The van der Waals surface area contributed by atoms with Crippen molar-refractivity contribution in [2.75, 3.05) is 31.8 Å². The monoisotopic (exact) mass is 273 g/mol. The van der Waals surface area contributed by atoms with Crippen molar-refractivity contribution in [3.8, 4) is 0 Å². The molecule has 106 valence electrons. The van der Waals surface area contributed by atoms with Gasteiger partial charge in [0, 0.05) is 38.8 Å². The first-order chi connectivity index (χ1) is 9.49. The van der Waals surface area contributed by atoms with Crippen molar-refractivity contribution in [3.63, 3.8) is 0 Å². The molecule has 5 heteroatoms. The van der Waals surface area contributed by atoms with E-state index in [2.05, 4.69) is 0 Å². The van der Waals surface area contributed by atoms with Gasteiger partial charge in [0.1, 0.15) is 0 Å². The molecule has 0 radical (unpaired) electrons. The molecule has 1 amide bonds. The van der Waals surface area contributed by atoms with Crippen molar-refractivity contribution in [3.05, 3.63) is 47.9 Å². The lowest BCUT2D eigenvalue weighted by Gasteiger charge is -2.21. The number of anilines is 2. The van der Waals surface area contributed by atoms with Crippen molar-refractivity contribution < 1.29 is 9.21 Å². The summed E-state index contributed by atoms with van der Waals surface area (Å²) < 4.78 is 5.06. The Hall–Kier alpha value is -2.43. The molecule has 5 nitrogen and oxygen atoms in total. The first-order valence-corrected chi connectivity index (χ1v) is 6.32. The van der Waals surface area contributed by atoms with E-state index in [1.165, 1.54) is 0 Å². The highest BCUT2D eigenvalue weighted by Crippen LogP contribution is 2.25. The Balaban J connectivity index is 2.26. The van der Waals surface area contributed by atoms with E-state index in [1.807, 2.05) is 24.1 Å². The molecule has 2 aromatic rings. The standard InChI is InChI=1S/C15H19N3O2/c1-17(2)15(19)12-4-5-13(16)14(8-12)18(3)9-11-6-7-20-10-11/h4-8,10H,9,16H2,1-3H3. The minimum atomic E-state index is -0.0389. The number of hydrogen-bond acceptors (Lipinski definition) is 4. The number of nitrogens with two attached hydrogens (primary N) is 1. The topological polar surface area (TPSA) is 62.7 Å². The average molecular weight is 273 g/mol. The molecule has 0 unspecified atom stereocenters. The largest absolute Gasteiger partial charge is 0.472 e. The Morgan fingerprint density at radius 3 is 2.60 bits per heavy atom. The maximum Gasteiger partial charge on any atom is 0.253 e. The fourth-order valence-corrected chi connectivity index (χ4v) is 2.01. The number of amides is 1. The quantitative estimate of drug-likeness (QED) is 0.867. The highest BCUT2D eigenvalue weighted by Gasteiger charge is 2.13. The van der Waals surface area contributed by atoms with Gasteiger partial charge >= 0.3 is 0 Å². The van der Waals surface area contributed by atoms with Crippen molar-refractivity contribution in [2.24, 2.45) is 0 Å². The lowest BCUT2D eigenvalue weighted by atomic mass is 10.1. The van der Waals surface area contributed by atoms with E-state index in [4.69, 9.17) is 10.2 Å². The molecule has 0 bridgehead atoms. The second kappa shape index (κ2) is 5.69. The van der Waals surface area contributed by atoms with Gasteiger partial charge in [0.25, 0.3) is 5.91 Å². The van der Waals surface area contributed by atoms with Crippen molar-refractivity contribution in [2.45, 2.75) is 6.54 Å². The predicted molar refractivity (Wildman–Crippen MR) is 79.7 cm³/mol. The summed E-state index contributed by atoms with van der Waals surface area (Å²) in [7, 11) is 5.39. The van der Waals surface area contributed by atoms with Crippen LogP contribution in [0, 0.1) is 0 Å². The zero-order valence-corrected chi connectivity index (χ0v) is 12.0. The maximum atomic E-state index is 12.0. The van der Waals surface area contributed by atoms with Gasteiger partial charge < -0.3 is 20.0 Å². The highest BCUT2D eigenvalue weighted by molar-refractivity contribution is 5.96. The molecule has 1 heterocycles. The van der Waals surface area contributed by atoms with Gasteiger partial charge in [-0.15, -0.1) is 0 Å². The van der Waals surface area contributed by atoms with Crippen LogP contribution in [0.2, 0.25) is 0 Å². The summed E-state index contributed by atoms with van der Waals surface area (Å²) in [5.74, 6) is -0.0389. The second-order valence-electron chi connectivity index (χ2n) is 4.96. The summed E-state index contributed by atoms with van der Waals surface area (Å²) in [4.78, 5) is 15.5. The van der Waals surface area contributed by atoms with Gasteiger partial charge in [0.2, 0.25) is 0 Å². The van der Waals surface area contributed by atoms with E-state index in [-0.39, 0.29) is 5.91 Å². The fourth-order valence-electron chi connectivity index (χ4n) is 2.01. The number of furan rings is 1. The van der Waals surface area contributed by atoms with Crippen LogP contribution in [0.5, 0.6) is 0 Å². The van der Waals surface area contributed by atoms with Crippen LogP contribution < -0.4 is 10.6 Å². The number of carbonyl (C=O) groups is 1. The Labute approximate surface area is 118 Å².